The van der Waals surface area contributed by atoms with Gasteiger partial charge in [-0.2, -0.15) is 0 Å². The maximum atomic E-state index is 12.8. The van der Waals surface area contributed by atoms with Crippen molar-refractivity contribution in [2.75, 3.05) is 7.11 Å². The van der Waals surface area contributed by atoms with Crippen LogP contribution in [-0.4, -0.2) is 17.6 Å². The molecule has 0 radical (unpaired) electrons. The van der Waals surface area contributed by atoms with Gasteiger partial charge in [-0.3, -0.25) is 4.79 Å². The Balaban J connectivity index is 1.80. The molecule has 1 N–H and O–H groups in total. The zero-order valence-electron chi connectivity index (χ0n) is 13.6. The number of nitrogens with one attached hydrogen (secondary N) is 1. The lowest BCUT2D eigenvalue weighted by Crippen LogP contribution is -2.32. The Morgan fingerprint density at radius 2 is 1.67 bits per heavy atom. The van der Waals surface area contributed by atoms with Crippen molar-refractivity contribution in [3.63, 3.8) is 0 Å². The van der Waals surface area contributed by atoms with Crippen LogP contribution in [0.25, 0.3) is 0 Å². The van der Waals surface area contributed by atoms with E-state index in [9.17, 15) is 4.79 Å². The maximum Gasteiger partial charge on any atom is 0.247 e. The third-order valence-corrected chi connectivity index (χ3v) is 3.93. The van der Waals surface area contributed by atoms with Gasteiger partial charge in [0.05, 0.1) is 7.11 Å². The maximum absolute atomic E-state index is 12.8. The van der Waals surface area contributed by atoms with Crippen LogP contribution in [0.1, 0.15) is 17.2 Å². The van der Waals surface area contributed by atoms with Crippen molar-refractivity contribution in [3.05, 3.63) is 90.3 Å². The molecule has 1 atom stereocenters. The second-order valence-electron chi connectivity index (χ2n) is 5.47. The molecule has 1 aromatic heterocycles. The third-order valence-electron chi connectivity index (χ3n) is 3.93. The molecule has 4 nitrogen and oxygen atoms in total. The summed E-state index contributed by atoms with van der Waals surface area (Å²) in [5.74, 6) is 0.721. The molecule has 3 rings (SSSR count). The number of nitrogens with zero attached hydrogens (tertiary/aromatic N) is 1. The first-order valence-electron chi connectivity index (χ1n) is 7.86. The highest BCUT2D eigenvalue weighted by atomic mass is 16.5. The standard InChI is InChI=1S/C20H20N2O2/c1-24-18-12-6-5-11-17(18)15-21-20(23)19(22-13-7-8-14-22)16-9-3-2-4-10-16/h2-14,19H,15H2,1H3,(H,21,23)/t19-/m0/s1. The minimum atomic E-state index is -0.393. The van der Waals surface area contributed by atoms with E-state index in [2.05, 4.69) is 5.32 Å². The van der Waals surface area contributed by atoms with Crippen LogP contribution in [0.2, 0.25) is 0 Å². The molecule has 0 aliphatic rings. The van der Waals surface area contributed by atoms with Crippen LogP contribution in [0.15, 0.2) is 79.1 Å². The summed E-state index contributed by atoms with van der Waals surface area (Å²) in [7, 11) is 1.63. The van der Waals surface area contributed by atoms with Crippen LogP contribution in [0.5, 0.6) is 5.75 Å². The van der Waals surface area contributed by atoms with Crippen LogP contribution in [0.4, 0.5) is 0 Å². The highest BCUT2D eigenvalue weighted by Gasteiger charge is 2.21. The molecular weight excluding hydrogens is 300 g/mol. The van der Waals surface area contributed by atoms with Gasteiger partial charge in [-0.05, 0) is 23.8 Å². The monoisotopic (exact) mass is 320 g/mol. The van der Waals surface area contributed by atoms with Gasteiger partial charge in [0.15, 0.2) is 0 Å². The van der Waals surface area contributed by atoms with Crippen molar-refractivity contribution in [1.82, 2.24) is 9.88 Å². The van der Waals surface area contributed by atoms with Gasteiger partial charge in [0, 0.05) is 24.5 Å². The van der Waals surface area contributed by atoms with Gasteiger partial charge >= 0.3 is 0 Å². The lowest BCUT2D eigenvalue weighted by Gasteiger charge is -2.19. The Kier molecular flexibility index (Phi) is 4.96. The first kappa shape index (κ1) is 15.9. The molecule has 24 heavy (non-hydrogen) atoms. The average Bonchev–Trinajstić information content (AvgIpc) is 3.15. The van der Waals surface area contributed by atoms with E-state index in [4.69, 9.17) is 4.74 Å². The van der Waals surface area contributed by atoms with Gasteiger partial charge in [0.1, 0.15) is 11.8 Å². The number of hydrogen-bond acceptors (Lipinski definition) is 2. The van der Waals surface area contributed by atoms with E-state index in [1.54, 1.807) is 7.11 Å². The average molecular weight is 320 g/mol. The highest BCUT2D eigenvalue weighted by Crippen LogP contribution is 2.20. The van der Waals surface area contributed by atoms with Crippen molar-refractivity contribution in [1.29, 1.82) is 0 Å². The second-order valence-corrected chi connectivity index (χ2v) is 5.47. The van der Waals surface area contributed by atoms with Gasteiger partial charge < -0.3 is 14.6 Å². The number of ether oxygens (including phenoxy) is 1. The number of methoxy groups -OCH3 is 1. The number of rotatable bonds is 6. The molecule has 0 bridgehead atoms. The van der Waals surface area contributed by atoms with E-state index in [1.807, 2.05) is 83.7 Å². The molecule has 3 aromatic rings. The van der Waals surface area contributed by atoms with Crippen molar-refractivity contribution >= 4 is 5.91 Å². The molecule has 0 fully saturated rings. The summed E-state index contributed by atoms with van der Waals surface area (Å²) in [6.07, 6.45) is 3.81. The molecular formula is C20H20N2O2. The Labute approximate surface area is 141 Å². The molecule has 0 saturated heterocycles. The molecule has 2 aromatic carbocycles. The molecule has 122 valence electrons. The zero-order valence-corrected chi connectivity index (χ0v) is 13.6. The first-order chi connectivity index (χ1) is 11.8. The second kappa shape index (κ2) is 7.51. The van der Waals surface area contributed by atoms with Gasteiger partial charge in [-0.1, -0.05) is 48.5 Å². The summed E-state index contributed by atoms with van der Waals surface area (Å²) < 4.78 is 7.25. The predicted molar refractivity (Wildman–Crippen MR) is 93.9 cm³/mol. The Morgan fingerprint density at radius 1 is 1.00 bits per heavy atom. The highest BCUT2D eigenvalue weighted by molar-refractivity contribution is 5.83. The summed E-state index contributed by atoms with van der Waals surface area (Å²) in [6.45, 7) is 0.424. The van der Waals surface area contributed by atoms with E-state index in [-0.39, 0.29) is 5.91 Å². The van der Waals surface area contributed by atoms with Gasteiger partial charge in [0.2, 0.25) is 5.91 Å². The van der Waals surface area contributed by atoms with Crippen LogP contribution in [0, 0.1) is 0 Å². The first-order valence-corrected chi connectivity index (χ1v) is 7.86. The summed E-state index contributed by atoms with van der Waals surface area (Å²) in [6, 6.07) is 20.9. The number of carbonyl (C=O) groups is 1. The minimum Gasteiger partial charge on any atom is -0.496 e. The normalized spacial score (nSPS) is 11.7. The van der Waals surface area contributed by atoms with Gasteiger partial charge in [0.25, 0.3) is 0 Å². The molecule has 1 amide bonds. The van der Waals surface area contributed by atoms with Crippen LogP contribution < -0.4 is 10.1 Å². The molecule has 0 saturated carbocycles. The van der Waals surface area contributed by atoms with E-state index in [0.29, 0.717) is 6.54 Å². The fourth-order valence-electron chi connectivity index (χ4n) is 2.74. The fourth-order valence-corrected chi connectivity index (χ4v) is 2.74. The Morgan fingerprint density at radius 3 is 2.38 bits per heavy atom. The quantitative estimate of drug-likeness (QED) is 0.756. The Hall–Kier alpha value is -3.01. The largest absolute Gasteiger partial charge is 0.496 e. The van der Waals surface area contributed by atoms with E-state index >= 15 is 0 Å². The molecule has 0 aliphatic heterocycles. The molecule has 0 unspecified atom stereocenters. The smallest absolute Gasteiger partial charge is 0.247 e. The van der Waals surface area contributed by atoms with Crippen molar-refractivity contribution in [3.8, 4) is 5.75 Å². The summed E-state index contributed by atoms with van der Waals surface area (Å²) in [5, 5.41) is 3.02. The van der Waals surface area contributed by atoms with Gasteiger partial charge in [-0.15, -0.1) is 0 Å². The summed E-state index contributed by atoms with van der Waals surface area (Å²) >= 11 is 0. The van der Waals surface area contributed by atoms with Crippen LogP contribution >= 0.6 is 0 Å². The zero-order chi connectivity index (χ0) is 16.8. The third kappa shape index (κ3) is 3.49. The lowest BCUT2D eigenvalue weighted by molar-refractivity contribution is -0.123. The number of carbonyl (C=O) groups excluding carboxylic acids is 1. The molecule has 4 heteroatoms. The summed E-state index contributed by atoms with van der Waals surface area (Å²) in [5.41, 5.74) is 1.90. The van der Waals surface area contributed by atoms with Gasteiger partial charge in [-0.25, -0.2) is 0 Å². The number of para-hydroxylation sites is 1. The van der Waals surface area contributed by atoms with E-state index in [0.717, 1.165) is 16.9 Å². The van der Waals surface area contributed by atoms with Crippen molar-refractivity contribution in [2.24, 2.45) is 0 Å². The predicted octanol–water partition coefficient (Wildman–Crippen LogP) is 3.40. The molecule has 1 heterocycles. The Bertz CT molecular complexity index is 782. The van der Waals surface area contributed by atoms with E-state index in [1.165, 1.54) is 0 Å². The number of hydrogen-bond donors (Lipinski definition) is 1. The number of benzene rings is 2. The molecule has 0 aliphatic carbocycles. The van der Waals surface area contributed by atoms with Crippen molar-refractivity contribution < 1.29 is 9.53 Å². The fraction of sp³-hybridized carbons (Fsp3) is 0.150. The topological polar surface area (TPSA) is 43.3 Å². The summed E-state index contributed by atoms with van der Waals surface area (Å²) in [4.78, 5) is 12.8. The number of aromatic nitrogens is 1. The number of amides is 1. The molecule has 0 spiro atoms. The van der Waals surface area contributed by atoms with Crippen LogP contribution in [0.3, 0.4) is 0 Å². The van der Waals surface area contributed by atoms with Crippen molar-refractivity contribution in [2.45, 2.75) is 12.6 Å². The lowest BCUT2D eigenvalue weighted by atomic mass is 10.1. The van der Waals surface area contributed by atoms with E-state index < -0.39 is 6.04 Å². The SMILES string of the molecule is COc1ccccc1CNC(=O)[C@H](c1ccccc1)n1cccc1. The minimum absolute atomic E-state index is 0.0525. The van der Waals surface area contributed by atoms with Crippen LogP contribution in [-0.2, 0) is 11.3 Å².